The number of rotatable bonds is 4. The van der Waals surface area contributed by atoms with Gasteiger partial charge in [0.05, 0.1) is 6.10 Å². The number of fused-ring (bicyclic) bond motifs is 1. The van der Waals surface area contributed by atoms with Crippen molar-refractivity contribution in [1.82, 2.24) is 5.32 Å². The summed E-state index contributed by atoms with van der Waals surface area (Å²) in [5, 5.41) is 13.3. The fourth-order valence-electron chi connectivity index (χ4n) is 4.86. The summed E-state index contributed by atoms with van der Waals surface area (Å²) in [7, 11) is 0. The van der Waals surface area contributed by atoms with Crippen LogP contribution in [0.25, 0.3) is 0 Å². The van der Waals surface area contributed by atoms with Gasteiger partial charge in [-0.1, -0.05) is 12.1 Å². The highest BCUT2D eigenvalue weighted by Crippen LogP contribution is 2.63. The normalized spacial score (nSPS) is 35.8. The van der Waals surface area contributed by atoms with E-state index in [-0.39, 0.29) is 6.10 Å². The number of piperidine rings is 1. The Bertz CT molecular complexity index is 506. The molecular weight excluding hydrogens is 260 g/mol. The van der Waals surface area contributed by atoms with E-state index in [2.05, 4.69) is 34.5 Å². The van der Waals surface area contributed by atoms with Crippen LogP contribution in [0.2, 0.25) is 0 Å². The van der Waals surface area contributed by atoms with Crippen LogP contribution in [0, 0.1) is 11.8 Å². The molecule has 4 atom stereocenters. The second-order valence-corrected chi connectivity index (χ2v) is 7.21. The van der Waals surface area contributed by atoms with Crippen LogP contribution in [-0.4, -0.2) is 37.4 Å². The van der Waals surface area contributed by atoms with E-state index < -0.39 is 0 Å². The second kappa shape index (κ2) is 4.99. The van der Waals surface area contributed by atoms with E-state index in [1.165, 1.54) is 37.2 Å². The van der Waals surface area contributed by atoms with Gasteiger partial charge in [0.2, 0.25) is 0 Å². The Labute approximate surface area is 127 Å². The molecule has 2 heterocycles. The van der Waals surface area contributed by atoms with E-state index in [1.807, 2.05) is 6.92 Å². The number of hydrogen-bond donors (Lipinski definition) is 2. The molecular formula is C18H26N2O. The molecule has 114 valence electrons. The van der Waals surface area contributed by atoms with Gasteiger partial charge in [0.1, 0.15) is 0 Å². The third kappa shape index (κ3) is 2.09. The van der Waals surface area contributed by atoms with Crippen LogP contribution in [0.15, 0.2) is 24.3 Å². The van der Waals surface area contributed by atoms with Gasteiger partial charge in [-0.3, -0.25) is 0 Å². The first-order valence-electron chi connectivity index (χ1n) is 8.46. The summed E-state index contributed by atoms with van der Waals surface area (Å²) >= 11 is 0. The molecule has 1 aromatic rings. The Morgan fingerprint density at radius 2 is 2.00 bits per heavy atom. The molecule has 1 aromatic carbocycles. The van der Waals surface area contributed by atoms with Crippen LogP contribution in [0.5, 0.6) is 0 Å². The van der Waals surface area contributed by atoms with Crippen LogP contribution >= 0.6 is 0 Å². The average molecular weight is 286 g/mol. The molecule has 4 rings (SSSR count). The van der Waals surface area contributed by atoms with Crippen molar-refractivity contribution in [2.45, 2.75) is 37.7 Å². The highest BCUT2D eigenvalue weighted by atomic mass is 16.3. The smallest absolute Gasteiger partial charge is 0.0515 e. The lowest BCUT2D eigenvalue weighted by Crippen LogP contribution is -2.25. The van der Waals surface area contributed by atoms with Crippen molar-refractivity contribution >= 4 is 5.69 Å². The number of aliphatic hydroxyl groups excluding tert-OH is 1. The Morgan fingerprint density at radius 1 is 1.29 bits per heavy atom. The minimum atomic E-state index is -0.179. The minimum absolute atomic E-state index is 0.179. The van der Waals surface area contributed by atoms with Gasteiger partial charge in [-0.15, -0.1) is 0 Å². The van der Waals surface area contributed by atoms with Gasteiger partial charge in [0.25, 0.3) is 0 Å². The Kier molecular flexibility index (Phi) is 3.23. The number of nitrogens with zero attached hydrogens (tertiary/aromatic N) is 1. The molecule has 21 heavy (non-hydrogen) atoms. The minimum Gasteiger partial charge on any atom is -0.393 e. The number of hydrogen-bond acceptors (Lipinski definition) is 3. The van der Waals surface area contributed by atoms with E-state index in [9.17, 15) is 5.11 Å². The first-order chi connectivity index (χ1) is 10.2. The van der Waals surface area contributed by atoms with Gasteiger partial charge in [0.15, 0.2) is 0 Å². The maximum absolute atomic E-state index is 9.74. The Balaban J connectivity index is 1.55. The standard InChI is InChI=1S/C18H26N2O/c1-13(21)10-16-17-11-19-12-18(16,17)14-4-6-15(7-5-14)20-8-2-3-9-20/h4-7,13,16-17,19,21H,2-3,8-12H2,1H3. The lowest BCUT2D eigenvalue weighted by molar-refractivity contribution is 0.170. The van der Waals surface area contributed by atoms with Crippen molar-refractivity contribution in [2.75, 3.05) is 31.1 Å². The van der Waals surface area contributed by atoms with Gasteiger partial charge < -0.3 is 15.3 Å². The largest absolute Gasteiger partial charge is 0.393 e. The average Bonchev–Trinajstić information content (AvgIpc) is 2.96. The summed E-state index contributed by atoms with van der Waals surface area (Å²) < 4.78 is 0. The lowest BCUT2D eigenvalue weighted by Gasteiger charge is -2.21. The van der Waals surface area contributed by atoms with Crippen molar-refractivity contribution in [3.63, 3.8) is 0 Å². The molecule has 3 heteroatoms. The zero-order valence-electron chi connectivity index (χ0n) is 12.9. The summed E-state index contributed by atoms with van der Waals surface area (Å²) in [5.74, 6) is 1.39. The molecule has 3 fully saturated rings. The molecule has 0 aromatic heterocycles. The quantitative estimate of drug-likeness (QED) is 0.890. The molecule has 2 N–H and O–H groups in total. The van der Waals surface area contributed by atoms with Crippen LogP contribution in [0.1, 0.15) is 31.7 Å². The molecule has 1 aliphatic carbocycles. The van der Waals surface area contributed by atoms with Crippen molar-refractivity contribution in [3.05, 3.63) is 29.8 Å². The van der Waals surface area contributed by atoms with Crippen LogP contribution in [0.3, 0.4) is 0 Å². The number of nitrogens with one attached hydrogen (secondary N) is 1. The molecule has 1 saturated carbocycles. The predicted molar refractivity (Wildman–Crippen MR) is 85.7 cm³/mol. The maximum atomic E-state index is 9.74. The van der Waals surface area contributed by atoms with E-state index in [4.69, 9.17) is 0 Å². The van der Waals surface area contributed by atoms with Crippen molar-refractivity contribution in [1.29, 1.82) is 0 Å². The lowest BCUT2D eigenvalue weighted by atomic mass is 9.91. The third-order valence-electron chi connectivity index (χ3n) is 5.95. The van der Waals surface area contributed by atoms with Gasteiger partial charge in [-0.05, 0) is 62.3 Å². The van der Waals surface area contributed by atoms with E-state index in [0.29, 0.717) is 11.3 Å². The number of anilines is 1. The summed E-state index contributed by atoms with van der Waals surface area (Å²) in [6.07, 6.45) is 3.42. The van der Waals surface area contributed by atoms with Crippen LogP contribution < -0.4 is 10.2 Å². The summed E-state index contributed by atoms with van der Waals surface area (Å²) in [4.78, 5) is 2.49. The second-order valence-electron chi connectivity index (χ2n) is 7.21. The SMILES string of the molecule is CC(O)CC1C2CNCC21c1ccc(N2CCCC2)cc1. The van der Waals surface area contributed by atoms with E-state index >= 15 is 0 Å². The van der Waals surface area contributed by atoms with Crippen molar-refractivity contribution < 1.29 is 5.11 Å². The van der Waals surface area contributed by atoms with Gasteiger partial charge >= 0.3 is 0 Å². The molecule has 0 radical (unpaired) electrons. The Hall–Kier alpha value is -1.06. The summed E-state index contributed by atoms with van der Waals surface area (Å²) in [6, 6.07) is 9.30. The number of benzene rings is 1. The molecule has 4 unspecified atom stereocenters. The zero-order chi connectivity index (χ0) is 14.4. The van der Waals surface area contributed by atoms with E-state index in [0.717, 1.165) is 25.4 Å². The molecule has 2 saturated heterocycles. The molecule has 3 nitrogen and oxygen atoms in total. The highest BCUT2D eigenvalue weighted by molar-refractivity contribution is 5.51. The van der Waals surface area contributed by atoms with Gasteiger partial charge in [-0.2, -0.15) is 0 Å². The fourth-order valence-corrected chi connectivity index (χ4v) is 4.86. The van der Waals surface area contributed by atoms with Crippen LogP contribution in [0.4, 0.5) is 5.69 Å². The van der Waals surface area contributed by atoms with Gasteiger partial charge in [0, 0.05) is 30.7 Å². The maximum Gasteiger partial charge on any atom is 0.0515 e. The molecule has 2 aliphatic heterocycles. The fraction of sp³-hybridized carbons (Fsp3) is 0.667. The Morgan fingerprint density at radius 3 is 2.67 bits per heavy atom. The molecule has 0 spiro atoms. The molecule has 3 aliphatic rings. The summed E-state index contributed by atoms with van der Waals surface area (Å²) in [5.41, 5.74) is 3.16. The van der Waals surface area contributed by atoms with Gasteiger partial charge in [-0.25, -0.2) is 0 Å². The van der Waals surface area contributed by atoms with Crippen molar-refractivity contribution in [3.8, 4) is 0 Å². The van der Waals surface area contributed by atoms with Crippen LogP contribution in [-0.2, 0) is 5.41 Å². The topological polar surface area (TPSA) is 35.5 Å². The first kappa shape index (κ1) is 13.6. The van der Waals surface area contributed by atoms with Crippen molar-refractivity contribution in [2.24, 2.45) is 11.8 Å². The highest BCUT2D eigenvalue weighted by Gasteiger charge is 2.67. The molecule has 0 amide bonds. The predicted octanol–water partition coefficient (Wildman–Crippen LogP) is 2.14. The third-order valence-corrected chi connectivity index (χ3v) is 5.95. The summed E-state index contributed by atoms with van der Waals surface area (Å²) in [6.45, 7) is 6.54. The first-order valence-corrected chi connectivity index (χ1v) is 8.46. The zero-order valence-corrected chi connectivity index (χ0v) is 12.9. The molecule has 0 bridgehead atoms. The monoisotopic (exact) mass is 286 g/mol. The van der Waals surface area contributed by atoms with E-state index in [1.54, 1.807) is 0 Å². The number of aliphatic hydroxyl groups is 1.